The number of pyridine rings is 1. The molecule has 1 fully saturated rings. The molecular formula is C17H23N3O6. The van der Waals surface area contributed by atoms with Crippen LogP contribution in [0.3, 0.4) is 0 Å². The van der Waals surface area contributed by atoms with E-state index in [9.17, 15) is 0 Å². The number of carboxylic acid groups (broad SMARTS) is 2. The van der Waals surface area contributed by atoms with E-state index >= 15 is 0 Å². The van der Waals surface area contributed by atoms with Crippen LogP contribution >= 0.6 is 0 Å². The highest BCUT2D eigenvalue weighted by molar-refractivity contribution is 6.27. The van der Waals surface area contributed by atoms with Crippen LogP contribution in [0, 0.1) is 0 Å². The molecule has 3 heterocycles. The fraction of sp³-hybridized carbons (Fsp3) is 0.471. The fourth-order valence-corrected chi connectivity index (χ4v) is 2.42. The van der Waals surface area contributed by atoms with Gasteiger partial charge in [-0.15, -0.1) is 5.10 Å². The maximum atomic E-state index is 9.10. The molecule has 1 aliphatic rings. The van der Waals surface area contributed by atoms with Crippen molar-refractivity contribution in [1.82, 2.24) is 14.5 Å². The van der Waals surface area contributed by atoms with E-state index < -0.39 is 11.9 Å². The maximum Gasteiger partial charge on any atom is 0.414 e. The number of unbranched alkanes of at least 4 members (excludes halogenated alkanes) is 1. The first-order valence-corrected chi connectivity index (χ1v) is 8.40. The van der Waals surface area contributed by atoms with Crippen molar-refractivity contribution in [3.05, 3.63) is 30.5 Å². The normalized spacial score (nSPS) is 14.5. The van der Waals surface area contributed by atoms with Gasteiger partial charge < -0.3 is 19.7 Å². The van der Waals surface area contributed by atoms with Crippen molar-refractivity contribution in [2.75, 3.05) is 39.5 Å². The van der Waals surface area contributed by atoms with Gasteiger partial charge in [-0.2, -0.15) is 0 Å². The topological polar surface area (TPSA) is 114 Å². The summed E-state index contributed by atoms with van der Waals surface area (Å²) in [5, 5.41) is 19.2. The average molecular weight is 365 g/mol. The Morgan fingerprint density at radius 1 is 1.15 bits per heavy atom. The van der Waals surface area contributed by atoms with Crippen molar-refractivity contribution in [2.24, 2.45) is 0 Å². The SMILES string of the molecule is O=C(O)C(=O)O.c1ccn2nc(OCCCCN3CCOCC3)cc2c1. The Morgan fingerprint density at radius 2 is 1.88 bits per heavy atom. The number of ether oxygens (including phenoxy) is 2. The van der Waals surface area contributed by atoms with E-state index in [-0.39, 0.29) is 0 Å². The first-order valence-electron chi connectivity index (χ1n) is 8.40. The van der Waals surface area contributed by atoms with E-state index in [1.165, 1.54) is 0 Å². The lowest BCUT2D eigenvalue weighted by molar-refractivity contribution is -0.159. The molecule has 142 valence electrons. The smallest absolute Gasteiger partial charge is 0.414 e. The number of hydrogen-bond acceptors (Lipinski definition) is 6. The molecule has 0 unspecified atom stereocenters. The number of rotatable bonds is 6. The third-order valence-corrected chi connectivity index (χ3v) is 3.75. The molecule has 0 atom stereocenters. The second-order valence-corrected chi connectivity index (χ2v) is 5.67. The van der Waals surface area contributed by atoms with Gasteiger partial charge >= 0.3 is 11.9 Å². The van der Waals surface area contributed by atoms with Crippen LogP contribution in [0.25, 0.3) is 5.52 Å². The monoisotopic (exact) mass is 365 g/mol. The molecule has 9 nitrogen and oxygen atoms in total. The van der Waals surface area contributed by atoms with Crippen LogP contribution in [0.2, 0.25) is 0 Å². The number of aliphatic carboxylic acids is 2. The lowest BCUT2D eigenvalue weighted by Crippen LogP contribution is -2.36. The standard InChI is InChI=1S/C15H21N3O2.C2H2O4/c1-2-7-18-14(5-1)13-15(16-18)20-10-4-3-6-17-8-11-19-12-9-17;3-1(4)2(5)6/h1-2,5,7,13H,3-4,6,8-12H2;(H,3,4)(H,5,6). The Kier molecular flexibility index (Phi) is 7.84. The third kappa shape index (κ3) is 6.69. The van der Waals surface area contributed by atoms with Crippen molar-refractivity contribution >= 4 is 17.5 Å². The summed E-state index contributed by atoms with van der Waals surface area (Å²) in [6.07, 6.45) is 4.15. The molecule has 1 aliphatic heterocycles. The van der Waals surface area contributed by atoms with Gasteiger partial charge in [-0.3, -0.25) is 4.90 Å². The maximum absolute atomic E-state index is 9.10. The van der Waals surface area contributed by atoms with Gasteiger partial charge in [0.15, 0.2) is 0 Å². The van der Waals surface area contributed by atoms with Crippen LogP contribution in [0.5, 0.6) is 5.88 Å². The highest BCUT2D eigenvalue weighted by Gasteiger charge is 2.09. The minimum absolute atomic E-state index is 0.711. The zero-order valence-corrected chi connectivity index (χ0v) is 14.4. The van der Waals surface area contributed by atoms with E-state index in [1.54, 1.807) is 0 Å². The summed E-state index contributed by atoms with van der Waals surface area (Å²) in [6, 6.07) is 7.97. The second-order valence-electron chi connectivity index (χ2n) is 5.67. The Morgan fingerprint density at radius 3 is 2.54 bits per heavy atom. The number of morpholine rings is 1. The summed E-state index contributed by atoms with van der Waals surface area (Å²) < 4.78 is 12.9. The zero-order chi connectivity index (χ0) is 18.8. The van der Waals surface area contributed by atoms with Gasteiger partial charge in [-0.25, -0.2) is 14.1 Å². The van der Waals surface area contributed by atoms with Crippen LogP contribution in [-0.4, -0.2) is 76.1 Å². The highest BCUT2D eigenvalue weighted by atomic mass is 16.5. The molecule has 2 aromatic heterocycles. The quantitative estimate of drug-likeness (QED) is 0.575. The number of carboxylic acids is 2. The summed E-state index contributed by atoms with van der Waals surface area (Å²) in [6.45, 7) is 5.74. The van der Waals surface area contributed by atoms with E-state index in [0.717, 1.165) is 57.8 Å². The number of carbonyl (C=O) groups is 2. The van der Waals surface area contributed by atoms with Crippen LogP contribution in [0.1, 0.15) is 12.8 Å². The van der Waals surface area contributed by atoms with Gasteiger partial charge in [-0.1, -0.05) is 6.07 Å². The Balaban J connectivity index is 0.000000352. The summed E-state index contributed by atoms with van der Waals surface area (Å²) in [4.78, 5) is 20.7. The van der Waals surface area contributed by atoms with E-state index in [2.05, 4.69) is 10.00 Å². The van der Waals surface area contributed by atoms with Crippen molar-refractivity contribution < 1.29 is 29.3 Å². The van der Waals surface area contributed by atoms with Crippen molar-refractivity contribution in [3.63, 3.8) is 0 Å². The van der Waals surface area contributed by atoms with Gasteiger partial charge in [0.25, 0.3) is 0 Å². The van der Waals surface area contributed by atoms with Crippen LogP contribution in [0.15, 0.2) is 30.5 Å². The number of fused-ring (bicyclic) bond motifs is 1. The summed E-state index contributed by atoms with van der Waals surface area (Å²) in [5.74, 6) is -2.94. The summed E-state index contributed by atoms with van der Waals surface area (Å²) >= 11 is 0. The van der Waals surface area contributed by atoms with Crippen LogP contribution in [-0.2, 0) is 14.3 Å². The van der Waals surface area contributed by atoms with Gasteiger partial charge in [0.05, 0.1) is 25.3 Å². The minimum Gasteiger partial charge on any atom is -0.477 e. The first-order chi connectivity index (χ1) is 12.6. The lowest BCUT2D eigenvalue weighted by Gasteiger charge is -2.26. The average Bonchev–Trinajstić information content (AvgIpc) is 3.05. The molecule has 0 bridgehead atoms. The van der Waals surface area contributed by atoms with Gasteiger partial charge in [0, 0.05) is 25.4 Å². The second kappa shape index (κ2) is 10.4. The Bertz CT molecular complexity index is 666. The molecule has 9 heteroatoms. The Labute approximate surface area is 150 Å². The molecule has 3 rings (SSSR count). The zero-order valence-electron chi connectivity index (χ0n) is 14.4. The minimum atomic E-state index is -1.82. The highest BCUT2D eigenvalue weighted by Crippen LogP contribution is 2.12. The summed E-state index contributed by atoms with van der Waals surface area (Å²) in [7, 11) is 0. The van der Waals surface area contributed by atoms with E-state index in [1.807, 2.05) is 35.0 Å². The molecule has 0 spiro atoms. The number of aromatic nitrogens is 2. The number of hydrogen-bond donors (Lipinski definition) is 2. The first kappa shape index (κ1) is 19.7. The molecule has 0 aliphatic carbocycles. The van der Waals surface area contributed by atoms with Crippen molar-refractivity contribution in [3.8, 4) is 5.88 Å². The predicted molar refractivity (Wildman–Crippen MR) is 92.5 cm³/mol. The van der Waals surface area contributed by atoms with Gasteiger partial charge in [0.2, 0.25) is 5.88 Å². The molecule has 0 saturated carbocycles. The molecule has 0 amide bonds. The van der Waals surface area contributed by atoms with Crippen LogP contribution in [0.4, 0.5) is 0 Å². The molecule has 2 aromatic rings. The largest absolute Gasteiger partial charge is 0.477 e. The Hall–Kier alpha value is -2.65. The third-order valence-electron chi connectivity index (χ3n) is 3.75. The van der Waals surface area contributed by atoms with Crippen molar-refractivity contribution in [2.45, 2.75) is 12.8 Å². The molecule has 0 radical (unpaired) electrons. The van der Waals surface area contributed by atoms with Gasteiger partial charge in [-0.05, 0) is 31.5 Å². The molecule has 2 N–H and O–H groups in total. The van der Waals surface area contributed by atoms with E-state index in [4.69, 9.17) is 29.3 Å². The predicted octanol–water partition coefficient (Wildman–Crippen LogP) is 0.981. The summed E-state index contributed by atoms with van der Waals surface area (Å²) in [5.41, 5.74) is 1.07. The van der Waals surface area contributed by atoms with Crippen LogP contribution < -0.4 is 4.74 Å². The van der Waals surface area contributed by atoms with Gasteiger partial charge in [0.1, 0.15) is 0 Å². The molecular weight excluding hydrogens is 342 g/mol. The van der Waals surface area contributed by atoms with E-state index in [0.29, 0.717) is 5.88 Å². The molecule has 1 saturated heterocycles. The van der Waals surface area contributed by atoms with Crippen molar-refractivity contribution in [1.29, 1.82) is 0 Å². The molecule has 0 aromatic carbocycles. The number of nitrogens with zero attached hydrogens (tertiary/aromatic N) is 3. The fourth-order valence-electron chi connectivity index (χ4n) is 2.42. The lowest BCUT2D eigenvalue weighted by atomic mass is 10.3. The molecule has 26 heavy (non-hydrogen) atoms.